The zero-order valence-electron chi connectivity index (χ0n) is 7.31. The third kappa shape index (κ3) is 1.62. The van der Waals surface area contributed by atoms with Crippen molar-refractivity contribution >= 4 is 50.0 Å². The smallest absolute Gasteiger partial charge is 0.0722 e. The molecule has 0 aliphatic rings. The first-order chi connectivity index (χ1) is 6.59. The Hall–Kier alpha value is -0.310. The highest BCUT2D eigenvalue weighted by atomic mass is 79.9. The van der Waals surface area contributed by atoms with E-state index in [1.807, 2.05) is 19.1 Å². The summed E-state index contributed by atoms with van der Waals surface area (Å²) in [6.07, 6.45) is 0. The molecule has 0 amide bonds. The number of aryl methyl sites for hydroxylation is 1. The Kier molecular flexibility index (Phi) is 2.69. The fourth-order valence-electron chi connectivity index (χ4n) is 1.29. The Balaban J connectivity index is 2.92. The monoisotopic (exact) mass is 289 g/mol. The number of hydrogen-bond donors (Lipinski definition) is 0. The number of fused-ring (bicyclic) bond motifs is 1. The predicted molar refractivity (Wildman–Crippen MR) is 64.2 cm³/mol. The molecule has 1 aromatic carbocycles. The first-order valence-electron chi connectivity index (χ1n) is 4.00. The van der Waals surface area contributed by atoms with Crippen LogP contribution in [0.15, 0.2) is 22.7 Å². The van der Waals surface area contributed by atoms with Gasteiger partial charge in [-0.2, -0.15) is 0 Å². The molecule has 1 aromatic heterocycles. The molecule has 0 radical (unpaired) electrons. The Bertz CT molecular complexity index is 511. The van der Waals surface area contributed by atoms with Crippen LogP contribution in [0.5, 0.6) is 0 Å². The van der Waals surface area contributed by atoms with Gasteiger partial charge in [0.2, 0.25) is 0 Å². The molecule has 2 rings (SSSR count). The summed E-state index contributed by atoms with van der Waals surface area (Å²) in [5.74, 6) is 0. The molecule has 72 valence electrons. The van der Waals surface area contributed by atoms with Crippen LogP contribution in [0.4, 0.5) is 0 Å². The fourth-order valence-corrected chi connectivity index (χ4v) is 2.05. The molecule has 0 saturated carbocycles. The largest absolute Gasteiger partial charge is 0.252 e. The topological polar surface area (TPSA) is 12.9 Å². The van der Waals surface area contributed by atoms with Gasteiger partial charge in [0, 0.05) is 10.4 Å². The summed E-state index contributed by atoms with van der Waals surface area (Å²) in [5.41, 5.74) is 1.74. The van der Waals surface area contributed by atoms with Gasteiger partial charge in [0.05, 0.1) is 20.7 Å². The minimum absolute atomic E-state index is 0.662. The summed E-state index contributed by atoms with van der Waals surface area (Å²) < 4.78 is 0.828. The summed E-state index contributed by atoms with van der Waals surface area (Å²) in [5, 5.41) is 2.20. The maximum Gasteiger partial charge on any atom is 0.0722 e. The number of aromatic nitrogens is 1. The maximum absolute atomic E-state index is 6.16. The van der Waals surface area contributed by atoms with Gasteiger partial charge in [0.1, 0.15) is 0 Å². The van der Waals surface area contributed by atoms with Crippen LogP contribution in [0.2, 0.25) is 10.0 Å². The SMILES string of the molecule is Cc1nc2ccc(Cl)cc2c(Cl)c1Br. The quantitative estimate of drug-likeness (QED) is 0.690. The number of halogens is 3. The average molecular weight is 291 g/mol. The fraction of sp³-hybridized carbons (Fsp3) is 0.100. The lowest BCUT2D eigenvalue weighted by Gasteiger charge is -2.05. The van der Waals surface area contributed by atoms with Crippen molar-refractivity contribution in [2.45, 2.75) is 6.92 Å². The van der Waals surface area contributed by atoms with Crippen molar-refractivity contribution in [2.75, 3.05) is 0 Å². The first-order valence-corrected chi connectivity index (χ1v) is 5.55. The molecule has 1 nitrogen and oxygen atoms in total. The standard InChI is InChI=1S/C10H6BrCl2N/c1-5-9(11)10(13)7-4-6(12)2-3-8(7)14-5/h2-4H,1H3. The molecule has 0 N–H and O–H groups in total. The summed E-state index contributed by atoms with van der Waals surface area (Å²) >= 11 is 15.4. The summed E-state index contributed by atoms with van der Waals surface area (Å²) in [4.78, 5) is 4.39. The maximum atomic E-state index is 6.16. The van der Waals surface area contributed by atoms with Crippen LogP contribution in [0.1, 0.15) is 5.69 Å². The lowest BCUT2D eigenvalue weighted by molar-refractivity contribution is 1.23. The number of rotatable bonds is 0. The molecule has 0 aliphatic carbocycles. The van der Waals surface area contributed by atoms with E-state index in [1.54, 1.807) is 6.07 Å². The van der Waals surface area contributed by atoms with Crippen LogP contribution in [0.25, 0.3) is 10.9 Å². The van der Waals surface area contributed by atoms with Crippen molar-refractivity contribution in [3.8, 4) is 0 Å². The van der Waals surface area contributed by atoms with E-state index in [9.17, 15) is 0 Å². The van der Waals surface area contributed by atoms with Gasteiger partial charge in [-0.1, -0.05) is 23.2 Å². The average Bonchev–Trinajstić information content (AvgIpc) is 2.16. The van der Waals surface area contributed by atoms with Gasteiger partial charge in [-0.25, -0.2) is 0 Å². The molecule has 14 heavy (non-hydrogen) atoms. The van der Waals surface area contributed by atoms with Crippen molar-refractivity contribution in [3.05, 3.63) is 38.4 Å². The number of benzene rings is 1. The zero-order valence-corrected chi connectivity index (χ0v) is 10.4. The van der Waals surface area contributed by atoms with E-state index in [-0.39, 0.29) is 0 Å². The van der Waals surface area contributed by atoms with Crippen molar-refractivity contribution in [3.63, 3.8) is 0 Å². The molecule has 1 heterocycles. The van der Waals surface area contributed by atoms with E-state index in [2.05, 4.69) is 20.9 Å². The van der Waals surface area contributed by atoms with Crippen LogP contribution >= 0.6 is 39.1 Å². The van der Waals surface area contributed by atoms with Gasteiger partial charge in [-0.05, 0) is 41.1 Å². The molecular formula is C10H6BrCl2N. The Morgan fingerprint density at radius 2 is 2.00 bits per heavy atom. The van der Waals surface area contributed by atoms with Crippen LogP contribution in [0, 0.1) is 6.92 Å². The highest BCUT2D eigenvalue weighted by Gasteiger charge is 2.08. The molecule has 0 atom stereocenters. The number of pyridine rings is 1. The molecular weight excluding hydrogens is 285 g/mol. The molecule has 0 bridgehead atoms. The van der Waals surface area contributed by atoms with Crippen LogP contribution in [-0.2, 0) is 0 Å². The molecule has 0 aliphatic heterocycles. The minimum atomic E-state index is 0.662. The first kappa shape index (κ1) is 10.2. The van der Waals surface area contributed by atoms with Crippen molar-refractivity contribution in [1.82, 2.24) is 4.98 Å². The molecule has 2 aromatic rings. The van der Waals surface area contributed by atoms with Gasteiger partial charge in [0.25, 0.3) is 0 Å². The van der Waals surface area contributed by atoms with Crippen LogP contribution in [-0.4, -0.2) is 4.98 Å². The van der Waals surface area contributed by atoms with Crippen molar-refractivity contribution in [1.29, 1.82) is 0 Å². The molecule has 0 unspecified atom stereocenters. The van der Waals surface area contributed by atoms with E-state index in [0.29, 0.717) is 10.0 Å². The van der Waals surface area contributed by atoms with E-state index >= 15 is 0 Å². The second-order valence-corrected chi connectivity index (χ2v) is 4.59. The van der Waals surface area contributed by atoms with Gasteiger partial charge in [-0.15, -0.1) is 0 Å². The Morgan fingerprint density at radius 3 is 2.71 bits per heavy atom. The van der Waals surface area contributed by atoms with Gasteiger partial charge < -0.3 is 0 Å². The summed E-state index contributed by atoms with van der Waals surface area (Å²) in [6, 6.07) is 5.49. The number of hydrogen-bond acceptors (Lipinski definition) is 1. The Labute approximate surface area is 100 Å². The minimum Gasteiger partial charge on any atom is -0.252 e. The van der Waals surface area contributed by atoms with E-state index in [4.69, 9.17) is 23.2 Å². The van der Waals surface area contributed by atoms with Crippen LogP contribution in [0.3, 0.4) is 0 Å². The highest BCUT2D eigenvalue weighted by Crippen LogP contribution is 2.33. The van der Waals surface area contributed by atoms with Crippen molar-refractivity contribution < 1.29 is 0 Å². The molecule has 0 fully saturated rings. The van der Waals surface area contributed by atoms with Gasteiger partial charge >= 0.3 is 0 Å². The summed E-state index contributed by atoms with van der Waals surface area (Å²) in [6.45, 7) is 1.91. The van der Waals surface area contributed by atoms with Gasteiger partial charge in [-0.3, -0.25) is 4.98 Å². The van der Waals surface area contributed by atoms with E-state index in [0.717, 1.165) is 21.1 Å². The Morgan fingerprint density at radius 1 is 1.29 bits per heavy atom. The molecule has 0 saturated heterocycles. The van der Waals surface area contributed by atoms with Gasteiger partial charge in [0.15, 0.2) is 0 Å². The third-order valence-electron chi connectivity index (χ3n) is 1.99. The van der Waals surface area contributed by atoms with Crippen molar-refractivity contribution in [2.24, 2.45) is 0 Å². The predicted octanol–water partition coefficient (Wildman–Crippen LogP) is 4.61. The normalized spacial score (nSPS) is 10.9. The molecule has 0 spiro atoms. The second-order valence-electron chi connectivity index (χ2n) is 2.99. The van der Waals surface area contributed by atoms with E-state index < -0.39 is 0 Å². The lowest BCUT2D eigenvalue weighted by Crippen LogP contribution is -1.87. The molecule has 4 heteroatoms. The highest BCUT2D eigenvalue weighted by molar-refractivity contribution is 9.10. The zero-order chi connectivity index (χ0) is 10.3. The summed E-state index contributed by atoms with van der Waals surface area (Å²) in [7, 11) is 0. The third-order valence-corrected chi connectivity index (χ3v) is 3.82. The number of nitrogens with zero attached hydrogens (tertiary/aromatic N) is 1. The van der Waals surface area contributed by atoms with Crippen LogP contribution < -0.4 is 0 Å². The second kappa shape index (κ2) is 3.69. The van der Waals surface area contributed by atoms with E-state index in [1.165, 1.54) is 0 Å². The lowest BCUT2D eigenvalue weighted by atomic mass is 10.2.